The molecule has 7 heteroatoms. The number of benzene rings is 2. The molecule has 154 valence electrons. The number of hydrogen-bond acceptors (Lipinski definition) is 3. The van der Waals surface area contributed by atoms with Crippen molar-refractivity contribution < 1.29 is 18.7 Å². The molecule has 0 atom stereocenters. The Labute approximate surface area is 174 Å². The first-order valence-electron chi connectivity index (χ1n) is 9.74. The largest absolute Gasteiger partial charge is 0.367 e. The van der Waals surface area contributed by atoms with Gasteiger partial charge in [-0.3, -0.25) is 9.59 Å². The molecule has 2 N–H and O–H groups in total. The summed E-state index contributed by atoms with van der Waals surface area (Å²) in [5.41, 5.74) is 1.24. The molecule has 0 bridgehead atoms. The fourth-order valence-corrected chi connectivity index (χ4v) is 3.55. The lowest BCUT2D eigenvalue weighted by molar-refractivity contribution is -0.121. The van der Waals surface area contributed by atoms with Crippen LogP contribution in [0.3, 0.4) is 0 Å². The first-order chi connectivity index (χ1) is 14.0. The highest BCUT2D eigenvalue weighted by Crippen LogP contribution is 2.26. The Kier molecular flexibility index (Phi) is 7.61. The lowest BCUT2D eigenvalue weighted by Crippen LogP contribution is -2.25. The van der Waals surface area contributed by atoms with E-state index in [4.69, 9.17) is 16.3 Å². The van der Waals surface area contributed by atoms with E-state index < -0.39 is 5.82 Å². The van der Waals surface area contributed by atoms with Gasteiger partial charge in [0.05, 0.1) is 12.3 Å². The normalized spacial score (nSPS) is 14.4. The third-order valence-electron chi connectivity index (χ3n) is 4.93. The second-order valence-corrected chi connectivity index (χ2v) is 7.56. The molecule has 2 aromatic rings. The molecule has 0 spiro atoms. The number of ether oxygens (including phenoxy) is 1. The number of carbonyl (C=O) groups excluding carboxylic acids is 2. The van der Waals surface area contributed by atoms with Crippen LogP contribution in [0.5, 0.6) is 0 Å². The summed E-state index contributed by atoms with van der Waals surface area (Å²) in [6.45, 7) is 0.0333. The summed E-state index contributed by atoms with van der Waals surface area (Å²) in [7, 11) is 0. The van der Waals surface area contributed by atoms with Crippen LogP contribution < -0.4 is 10.6 Å². The highest BCUT2D eigenvalue weighted by atomic mass is 35.5. The molecule has 0 saturated heterocycles. The van der Waals surface area contributed by atoms with E-state index in [-0.39, 0.29) is 36.6 Å². The molecule has 0 aromatic heterocycles. The summed E-state index contributed by atoms with van der Waals surface area (Å²) in [6.07, 6.45) is 4.83. The van der Waals surface area contributed by atoms with Crippen LogP contribution in [0.4, 0.5) is 15.8 Å². The number of amides is 2. The molecule has 1 aliphatic rings. The molecule has 1 aliphatic carbocycles. The van der Waals surface area contributed by atoms with Crippen molar-refractivity contribution in [2.45, 2.75) is 38.7 Å². The summed E-state index contributed by atoms with van der Waals surface area (Å²) in [5, 5.41) is 5.88. The highest BCUT2D eigenvalue weighted by Gasteiger charge is 2.22. The second-order valence-electron chi connectivity index (χ2n) is 7.15. The van der Waals surface area contributed by atoms with Crippen LogP contribution in [0.25, 0.3) is 0 Å². The van der Waals surface area contributed by atoms with Crippen molar-refractivity contribution in [1.29, 1.82) is 0 Å². The zero-order valence-electron chi connectivity index (χ0n) is 16.0. The third kappa shape index (κ3) is 6.27. The molecule has 0 aliphatic heterocycles. The van der Waals surface area contributed by atoms with Crippen molar-refractivity contribution >= 4 is 34.8 Å². The average molecular weight is 419 g/mol. The Hall–Kier alpha value is -2.44. The van der Waals surface area contributed by atoms with Gasteiger partial charge in [0.25, 0.3) is 0 Å². The predicted octanol–water partition coefficient (Wildman–Crippen LogP) is 5.15. The Morgan fingerprint density at radius 2 is 1.83 bits per heavy atom. The van der Waals surface area contributed by atoms with Gasteiger partial charge in [-0.2, -0.15) is 0 Å². The van der Waals surface area contributed by atoms with E-state index in [2.05, 4.69) is 10.6 Å². The monoisotopic (exact) mass is 418 g/mol. The summed E-state index contributed by atoms with van der Waals surface area (Å²) in [4.78, 5) is 24.5. The van der Waals surface area contributed by atoms with Gasteiger partial charge >= 0.3 is 0 Å². The van der Waals surface area contributed by atoms with Crippen molar-refractivity contribution in [3.8, 4) is 0 Å². The van der Waals surface area contributed by atoms with Crippen LogP contribution in [0.2, 0.25) is 5.02 Å². The number of nitrogens with one attached hydrogen (secondary N) is 2. The smallest absolute Gasteiger partial charge is 0.250 e. The van der Waals surface area contributed by atoms with Crippen molar-refractivity contribution in [3.05, 3.63) is 58.9 Å². The molecule has 29 heavy (non-hydrogen) atoms. The topological polar surface area (TPSA) is 67.4 Å². The van der Waals surface area contributed by atoms with Gasteiger partial charge in [0, 0.05) is 16.6 Å². The van der Waals surface area contributed by atoms with E-state index >= 15 is 0 Å². The van der Waals surface area contributed by atoms with E-state index in [0.717, 1.165) is 37.7 Å². The van der Waals surface area contributed by atoms with Gasteiger partial charge < -0.3 is 15.4 Å². The van der Waals surface area contributed by atoms with E-state index in [1.54, 1.807) is 6.07 Å². The van der Waals surface area contributed by atoms with E-state index in [0.29, 0.717) is 10.7 Å². The Morgan fingerprint density at radius 3 is 2.59 bits per heavy atom. The number of hydrogen-bond donors (Lipinski definition) is 2. The Bertz CT molecular complexity index is 869. The fraction of sp³-hybridized carbons (Fsp3) is 0.364. The minimum Gasteiger partial charge on any atom is -0.367 e. The lowest BCUT2D eigenvalue weighted by atomic mass is 9.88. The average Bonchev–Trinajstić information content (AvgIpc) is 2.72. The molecule has 5 nitrogen and oxygen atoms in total. The highest BCUT2D eigenvalue weighted by molar-refractivity contribution is 6.31. The summed E-state index contributed by atoms with van der Waals surface area (Å²) in [5.74, 6) is -1.18. The van der Waals surface area contributed by atoms with E-state index in [9.17, 15) is 14.0 Å². The van der Waals surface area contributed by atoms with Crippen LogP contribution in [-0.4, -0.2) is 18.4 Å². The van der Waals surface area contributed by atoms with Gasteiger partial charge in [0.1, 0.15) is 12.4 Å². The van der Waals surface area contributed by atoms with Crippen LogP contribution in [0.1, 0.15) is 37.7 Å². The maximum Gasteiger partial charge on any atom is 0.250 e. The van der Waals surface area contributed by atoms with Crippen LogP contribution in [-0.2, 0) is 20.9 Å². The van der Waals surface area contributed by atoms with Gasteiger partial charge in [-0.25, -0.2) is 4.39 Å². The molecule has 2 amide bonds. The standard InChI is InChI=1S/C22H24ClFN2O3/c23-18-9-5-4-8-16(18)13-29-14-21(27)25-17-10-11-19(24)20(12-17)26-22(28)15-6-2-1-3-7-15/h4-5,8-12,15H,1-3,6-7,13-14H2,(H,25,27)(H,26,28). The van der Waals surface area contributed by atoms with Gasteiger partial charge in [0.2, 0.25) is 11.8 Å². The predicted molar refractivity (Wildman–Crippen MR) is 111 cm³/mol. The molecule has 0 heterocycles. The molecule has 1 fully saturated rings. The quantitative estimate of drug-likeness (QED) is 0.653. The number of halogens is 2. The number of carbonyl (C=O) groups is 2. The van der Waals surface area contributed by atoms with Crippen LogP contribution in [0, 0.1) is 11.7 Å². The van der Waals surface area contributed by atoms with Gasteiger partial charge in [-0.05, 0) is 42.7 Å². The van der Waals surface area contributed by atoms with Gasteiger partial charge in [-0.15, -0.1) is 0 Å². The number of rotatable bonds is 7. The van der Waals surface area contributed by atoms with Crippen molar-refractivity contribution in [2.24, 2.45) is 5.92 Å². The molecule has 1 saturated carbocycles. The first kappa shape index (κ1) is 21.3. The Balaban J connectivity index is 1.52. The lowest BCUT2D eigenvalue weighted by Gasteiger charge is -2.21. The molecule has 2 aromatic carbocycles. The van der Waals surface area contributed by atoms with Crippen molar-refractivity contribution in [2.75, 3.05) is 17.2 Å². The summed E-state index contributed by atoms with van der Waals surface area (Å²) < 4.78 is 19.5. The van der Waals surface area contributed by atoms with Gasteiger partial charge in [0.15, 0.2) is 0 Å². The Morgan fingerprint density at radius 1 is 1.07 bits per heavy atom. The molecule has 3 rings (SSSR count). The van der Waals surface area contributed by atoms with Crippen molar-refractivity contribution in [1.82, 2.24) is 0 Å². The number of anilines is 2. The third-order valence-corrected chi connectivity index (χ3v) is 5.30. The van der Waals surface area contributed by atoms with Gasteiger partial charge in [-0.1, -0.05) is 49.1 Å². The SMILES string of the molecule is O=C(COCc1ccccc1Cl)Nc1ccc(F)c(NC(=O)C2CCCCC2)c1. The molecular weight excluding hydrogens is 395 g/mol. The van der Waals surface area contributed by atoms with Crippen molar-refractivity contribution in [3.63, 3.8) is 0 Å². The maximum atomic E-state index is 14.1. The summed E-state index contributed by atoms with van der Waals surface area (Å²) >= 11 is 6.05. The van der Waals surface area contributed by atoms with Crippen LogP contribution in [0.15, 0.2) is 42.5 Å². The van der Waals surface area contributed by atoms with E-state index in [1.807, 2.05) is 18.2 Å². The minimum atomic E-state index is -0.540. The fourth-order valence-electron chi connectivity index (χ4n) is 3.36. The second kappa shape index (κ2) is 10.4. The van der Waals surface area contributed by atoms with Crippen LogP contribution >= 0.6 is 11.6 Å². The molecular formula is C22H24ClFN2O3. The zero-order valence-corrected chi connectivity index (χ0v) is 16.8. The molecule has 0 unspecified atom stereocenters. The van der Waals surface area contributed by atoms with E-state index in [1.165, 1.54) is 18.2 Å². The first-order valence-corrected chi connectivity index (χ1v) is 10.1. The minimum absolute atomic E-state index is 0.0651. The zero-order chi connectivity index (χ0) is 20.6. The molecule has 0 radical (unpaired) electrons. The maximum absolute atomic E-state index is 14.1. The summed E-state index contributed by atoms with van der Waals surface area (Å²) in [6, 6.07) is 11.3.